The topological polar surface area (TPSA) is 0 Å². The maximum atomic E-state index is 2.26. The number of hydrogen-bond acceptors (Lipinski definition) is 0. The molecule has 0 heterocycles. The zero-order chi connectivity index (χ0) is 40.9. The fourth-order valence-electron chi connectivity index (χ4n) is 4.13. The summed E-state index contributed by atoms with van der Waals surface area (Å²) in [6.07, 6.45) is 63.5. The Bertz CT molecular complexity index is 532. The molecule has 0 radical (unpaired) electrons. The Morgan fingerprint density at radius 1 is 0.222 bits per heavy atom. The van der Waals surface area contributed by atoms with Gasteiger partial charge in [-0.2, -0.15) is 0 Å². The molecule has 0 aromatic rings. The van der Waals surface area contributed by atoms with Gasteiger partial charge in [-0.3, -0.25) is 0 Å². The van der Waals surface area contributed by atoms with Crippen LogP contribution >= 0.6 is 0 Å². The molecule has 0 nitrogen and oxygen atoms in total. The molecule has 4 aliphatic carbocycles. The number of rotatable bonds is 15. The lowest BCUT2D eigenvalue weighted by molar-refractivity contribution is 0.624. The van der Waals surface area contributed by atoms with Gasteiger partial charge in [-0.15, -0.1) is 0 Å². The van der Waals surface area contributed by atoms with Crippen LogP contribution < -0.4 is 0 Å². The Morgan fingerprint density at radius 3 is 0.389 bits per heavy atom. The molecule has 0 aromatic heterocycles. The van der Waals surface area contributed by atoms with E-state index in [4.69, 9.17) is 0 Å². The molecular formula is C54H110. The lowest BCUT2D eigenvalue weighted by atomic mass is 10.1. The smallest absolute Gasteiger partial charge is 0.0163 e. The first-order valence-corrected chi connectivity index (χ1v) is 23.0. The summed E-state index contributed by atoms with van der Waals surface area (Å²) in [4.78, 5) is 0. The Balaban J connectivity index is -0.0000000605. The molecule has 0 atom stereocenters. The second-order valence-electron chi connectivity index (χ2n) is 11.6. The van der Waals surface area contributed by atoms with Crippen molar-refractivity contribution in [3.05, 3.63) is 97.2 Å². The molecule has 0 aliphatic heterocycles. The van der Waals surface area contributed by atoms with Gasteiger partial charge in [-0.05, 0) is 25.7 Å². The highest BCUT2D eigenvalue weighted by molar-refractivity contribution is 5.13. The quantitative estimate of drug-likeness (QED) is 0.146. The van der Waals surface area contributed by atoms with Crippen molar-refractivity contribution >= 4 is 0 Å². The van der Waals surface area contributed by atoms with Gasteiger partial charge in [0.15, 0.2) is 0 Å². The van der Waals surface area contributed by atoms with Crippen molar-refractivity contribution in [2.45, 2.75) is 253 Å². The molecule has 0 heteroatoms. The van der Waals surface area contributed by atoms with Crippen LogP contribution in [-0.4, -0.2) is 0 Å². The van der Waals surface area contributed by atoms with E-state index in [1.807, 2.05) is 55.4 Å². The average molecular weight is 759 g/mol. The molecule has 0 spiro atoms. The molecule has 326 valence electrons. The van der Waals surface area contributed by atoms with E-state index in [1.165, 1.54) is 116 Å². The van der Waals surface area contributed by atoms with Gasteiger partial charge >= 0.3 is 0 Å². The third kappa shape index (κ3) is 110. The van der Waals surface area contributed by atoms with Crippen molar-refractivity contribution in [1.82, 2.24) is 0 Å². The Morgan fingerprint density at radius 2 is 0.333 bits per heavy atom. The molecule has 0 bridgehead atoms. The molecule has 4 rings (SSSR count). The van der Waals surface area contributed by atoms with Crippen LogP contribution in [0.3, 0.4) is 0 Å². The van der Waals surface area contributed by atoms with Crippen LogP contribution in [0, 0.1) is 0 Å². The van der Waals surface area contributed by atoms with Crippen molar-refractivity contribution < 1.29 is 0 Å². The summed E-state index contributed by atoms with van der Waals surface area (Å²) < 4.78 is 0. The molecule has 54 heavy (non-hydrogen) atoms. The lowest BCUT2D eigenvalue weighted by Gasteiger charge is -1.93. The second kappa shape index (κ2) is 98.3. The minimum absolute atomic E-state index is 0. The Kier molecular flexibility index (Phi) is 133. The maximum Gasteiger partial charge on any atom is -0.0163 e. The number of hydrogen-bond donors (Lipinski definition) is 0. The van der Waals surface area contributed by atoms with Gasteiger partial charge in [0.25, 0.3) is 0 Å². The van der Waals surface area contributed by atoms with E-state index in [-0.39, 0.29) is 14.9 Å². The Labute approximate surface area is 349 Å². The summed E-state index contributed by atoms with van der Waals surface area (Å²) >= 11 is 0. The summed E-state index contributed by atoms with van der Waals surface area (Å²) in [6.45, 7) is 29.5. The second-order valence-corrected chi connectivity index (χ2v) is 11.6. The first-order valence-electron chi connectivity index (χ1n) is 23.0. The summed E-state index contributed by atoms with van der Waals surface area (Å²) in [5, 5.41) is 0. The van der Waals surface area contributed by atoms with Gasteiger partial charge in [-0.25, -0.2) is 0 Å². The fraction of sp³-hybridized carbons (Fsp3) is 0.704. The van der Waals surface area contributed by atoms with E-state index in [1.54, 1.807) is 0 Å². The van der Waals surface area contributed by atoms with Crippen molar-refractivity contribution in [2.24, 2.45) is 0 Å². The van der Waals surface area contributed by atoms with Crippen molar-refractivity contribution in [3.63, 3.8) is 0 Å². The highest BCUT2D eigenvalue weighted by Gasteiger charge is 1.85. The number of unbranched alkanes of at least 4 members (excludes halogenated alkanes) is 15. The van der Waals surface area contributed by atoms with Crippen LogP contribution in [-0.2, 0) is 0 Å². The van der Waals surface area contributed by atoms with Gasteiger partial charge in [0.05, 0.1) is 0 Å². The molecule has 0 saturated carbocycles. The molecule has 0 aromatic carbocycles. The molecule has 4 aliphatic rings. The lowest BCUT2D eigenvalue weighted by Crippen LogP contribution is -1.73. The highest BCUT2D eigenvalue weighted by Crippen LogP contribution is 2.05. The zero-order valence-corrected chi connectivity index (χ0v) is 38.8. The predicted octanol–water partition coefficient (Wildman–Crippen LogP) is 21.5. The van der Waals surface area contributed by atoms with E-state index in [0.29, 0.717) is 0 Å². The van der Waals surface area contributed by atoms with Crippen LogP contribution in [0.2, 0.25) is 0 Å². The summed E-state index contributed by atoms with van der Waals surface area (Å²) in [5.74, 6) is 0. The van der Waals surface area contributed by atoms with Crippen molar-refractivity contribution in [3.8, 4) is 0 Å². The van der Waals surface area contributed by atoms with Crippen LogP contribution in [0.4, 0.5) is 0 Å². The van der Waals surface area contributed by atoms with Crippen molar-refractivity contribution in [2.75, 3.05) is 0 Å². The van der Waals surface area contributed by atoms with E-state index in [2.05, 4.69) is 139 Å². The van der Waals surface area contributed by atoms with Gasteiger partial charge in [0, 0.05) is 0 Å². The van der Waals surface area contributed by atoms with Gasteiger partial charge in [0.2, 0.25) is 0 Å². The monoisotopic (exact) mass is 759 g/mol. The summed E-state index contributed by atoms with van der Waals surface area (Å²) in [6, 6.07) is 0. The average Bonchev–Trinajstić information content (AvgIpc) is 4.08. The summed E-state index contributed by atoms with van der Waals surface area (Å²) in [7, 11) is 0. The van der Waals surface area contributed by atoms with Crippen LogP contribution in [0.25, 0.3) is 0 Å². The third-order valence-electron chi connectivity index (χ3n) is 6.99. The third-order valence-corrected chi connectivity index (χ3v) is 6.99. The molecular weight excluding hydrogens is 649 g/mol. The molecule has 0 N–H and O–H groups in total. The fourth-order valence-corrected chi connectivity index (χ4v) is 4.13. The maximum absolute atomic E-state index is 2.26. The first kappa shape index (κ1) is 73.1. The predicted molar refractivity (Wildman–Crippen MR) is 268 cm³/mol. The molecule has 0 amide bonds. The minimum atomic E-state index is 0. The van der Waals surface area contributed by atoms with Crippen molar-refractivity contribution in [1.29, 1.82) is 0 Å². The standard InChI is InChI=1S/3C8H18.4C5H6.4C2H6.2CH4/c3*1-3-5-7-8-6-4-2;4*1-2-4-5-3-1;4*1-2;;/h3*3-8H2,1-2H3;4*1-4H,5H2;4*1-2H3;2*1H4. The highest BCUT2D eigenvalue weighted by atomic mass is 13.9. The van der Waals surface area contributed by atoms with E-state index >= 15 is 0 Å². The molecule has 0 fully saturated rings. The first-order chi connectivity index (χ1) is 25.7. The molecule has 0 saturated heterocycles. The summed E-state index contributed by atoms with van der Waals surface area (Å²) in [5.41, 5.74) is 0. The van der Waals surface area contributed by atoms with Crippen LogP contribution in [0.5, 0.6) is 0 Å². The largest absolute Gasteiger partial charge is 0.0808 e. The number of allylic oxidation sites excluding steroid dienone is 16. The van der Waals surface area contributed by atoms with E-state index < -0.39 is 0 Å². The van der Waals surface area contributed by atoms with E-state index in [9.17, 15) is 0 Å². The zero-order valence-electron chi connectivity index (χ0n) is 38.8. The van der Waals surface area contributed by atoms with Gasteiger partial charge in [-0.1, -0.05) is 325 Å². The van der Waals surface area contributed by atoms with Crippen LogP contribution in [0.1, 0.15) is 253 Å². The molecule has 0 unspecified atom stereocenters. The normalized spacial score (nSPS) is 11.3. The SMILES string of the molecule is C.C.C1=CCC=C1.C1=CCC=C1.C1=CCC=C1.C1=CCC=C1.CC.CC.CC.CC.CCCCCCCC.CCCCCCCC.CCCCCCCC. The van der Waals surface area contributed by atoms with Gasteiger partial charge < -0.3 is 0 Å². The Hall–Kier alpha value is -2.08. The van der Waals surface area contributed by atoms with Crippen LogP contribution in [0.15, 0.2) is 97.2 Å². The van der Waals surface area contributed by atoms with E-state index in [0.717, 1.165) is 25.7 Å². The minimum Gasteiger partial charge on any atom is -0.0808 e. The van der Waals surface area contributed by atoms with Gasteiger partial charge in [0.1, 0.15) is 0 Å².